The number of carbonyl (C=O) groups excluding carboxylic acids is 1. The Morgan fingerprint density at radius 2 is 2.12 bits per heavy atom. The first-order chi connectivity index (χ1) is 7.87. The fourth-order valence-corrected chi connectivity index (χ4v) is 1.59. The van der Waals surface area contributed by atoms with Gasteiger partial charge in [0, 0.05) is 0 Å². The molecule has 3 nitrogen and oxygen atoms in total. The van der Waals surface area contributed by atoms with E-state index in [9.17, 15) is 9.18 Å². The normalized spacial score (nSPS) is 23.3. The summed E-state index contributed by atoms with van der Waals surface area (Å²) in [5.74, 6) is -0.729. The summed E-state index contributed by atoms with van der Waals surface area (Å²) in [7, 11) is 0. The average molecular weight is 238 g/mol. The third-order valence-electron chi connectivity index (χ3n) is 2.31. The van der Waals surface area contributed by atoms with Crippen molar-refractivity contribution in [1.29, 1.82) is 0 Å². The molecule has 1 aromatic rings. The molecule has 1 aliphatic heterocycles. The van der Waals surface area contributed by atoms with Crippen molar-refractivity contribution in [1.82, 2.24) is 0 Å². The van der Waals surface area contributed by atoms with Gasteiger partial charge in [-0.2, -0.15) is 0 Å². The van der Waals surface area contributed by atoms with Gasteiger partial charge >= 0.3 is 5.97 Å². The van der Waals surface area contributed by atoms with E-state index in [1.807, 2.05) is 0 Å². The quantitative estimate of drug-likeness (QED) is 0.587. The van der Waals surface area contributed by atoms with E-state index in [0.29, 0.717) is 5.56 Å². The van der Waals surface area contributed by atoms with Crippen LogP contribution in [0.1, 0.15) is 32.4 Å². The summed E-state index contributed by atoms with van der Waals surface area (Å²) >= 11 is 0. The van der Waals surface area contributed by atoms with E-state index in [1.54, 1.807) is 32.9 Å². The highest BCUT2D eigenvalue weighted by atomic mass is 19.1. The summed E-state index contributed by atoms with van der Waals surface area (Å²) in [4.78, 5) is 11.6. The molecule has 1 fully saturated rings. The zero-order chi connectivity index (χ0) is 12.6. The van der Waals surface area contributed by atoms with Gasteiger partial charge in [0.15, 0.2) is 6.10 Å². The highest BCUT2D eigenvalue weighted by molar-refractivity contribution is 5.78. The SMILES string of the molecule is CC(C)(C)OC(=O)C1OC1c1cccc(F)c1. The van der Waals surface area contributed by atoms with Crippen molar-refractivity contribution in [2.75, 3.05) is 0 Å². The van der Waals surface area contributed by atoms with E-state index in [2.05, 4.69) is 0 Å². The van der Waals surface area contributed by atoms with Gasteiger partial charge in [0.05, 0.1) is 0 Å². The van der Waals surface area contributed by atoms with Gasteiger partial charge in [-0.05, 0) is 38.5 Å². The van der Waals surface area contributed by atoms with Crippen LogP contribution in [0.4, 0.5) is 4.39 Å². The summed E-state index contributed by atoms with van der Waals surface area (Å²) < 4.78 is 23.4. The lowest BCUT2D eigenvalue weighted by Crippen LogP contribution is -2.26. The Balaban J connectivity index is 1.99. The molecule has 0 bridgehead atoms. The van der Waals surface area contributed by atoms with Crippen molar-refractivity contribution in [2.45, 2.75) is 38.6 Å². The zero-order valence-electron chi connectivity index (χ0n) is 10.1. The van der Waals surface area contributed by atoms with Crippen LogP contribution in [0.15, 0.2) is 24.3 Å². The summed E-state index contributed by atoms with van der Waals surface area (Å²) in [6, 6.07) is 6.06. The van der Waals surface area contributed by atoms with Gasteiger partial charge in [-0.25, -0.2) is 9.18 Å². The minimum Gasteiger partial charge on any atom is -0.458 e. The van der Waals surface area contributed by atoms with Gasteiger partial charge in [0.25, 0.3) is 0 Å². The molecule has 1 saturated heterocycles. The molecule has 0 spiro atoms. The monoisotopic (exact) mass is 238 g/mol. The second kappa shape index (κ2) is 4.11. The Kier molecular flexibility index (Phi) is 2.91. The van der Waals surface area contributed by atoms with Gasteiger partial charge in [-0.3, -0.25) is 0 Å². The van der Waals surface area contributed by atoms with Crippen LogP contribution in [0.25, 0.3) is 0 Å². The maximum atomic E-state index is 13.0. The Morgan fingerprint density at radius 1 is 1.41 bits per heavy atom. The fourth-order valence-electron chi connectivity index (χ4n) is 1.59. The van der Waals surface area contributed by atoms with E-state index in [-0.39, 0.29) is 11.9 Å². The predicted octanol–water partition coefficient (Wildman–Crippen LogP) is 2.61. The molecule has 2 rings (SSSR count). The molecule has 0 aliphatic carbocycles. The molecule has 0 N–H and O–H groups in total. The molecule has 1 heterocycles. The fraction of sp³-hybridized carbons (Fsp3) is 0.462. The lowest BCUT2D eigenvalue weighted by Gasteiger charge is -2.18. The van der Waals surface area contributed by atoms with Crippen LogP contribution in [0.2, 0.25) is 0 Å². The third kappa shape index (κ3) is 3.03. The van der Waals surface area contributed by atoms with E-state index in [4.69, 9.17) is 9.47 Å². The lowest BCUT2D eigenvalue weighted by atomic mass is 10.1. The highest BCUT2D eigenvalue weighted by Crippen LogP contribution is 2.40. The molecule has 0 aromatic heterocycles. The van der Waals surface area contributed by atoms with Crippen LogP contribution in [0.5, 0.6) is 0 Å². The smallest absolute Gasteiger partial charge is 0.338 e. The van der Waals surface area contributed by atoms with Crippen LogP contribution in [0, 0.1) is 5.82 Å². The Morgan fingerprint density at radius 3 is 2.71 bits per heavy atom. The van der Waals surface area contributed by atoms with E-state index in [0.717, 1.165) is 0 Å². The third-order valence-corrected chi connectivity index (χ3v) is 2.31. The van der Waals surface area contributed by atoms with E-state index >= 15 is 0 Å². The first-order valence-electron chi connectivity index (χ1n) is 5.50. The molecule has 0 saturated carbocycles. The Bertz CT molecular complexity index is 437. The van der Waals surface area contributed by atoms with Crippen LogP contribution in [0.3, 0.4) is 0 Å². The second-order valence-electron chi connectivity index (χ2n) is 5.07. The largest absolute Gasteiger partial charge is 0.458 e. The van der Waals surface area contributed by atoms with Gasteiger partial charge in [-0.15, -0.1) is 0 Å². The second-order valence-corrected chi connectivity index (χ2v) is 5.07. The molecule has 92 valence electrons. The minimum absolute atomic E-state index is 0.332. The topological polar surface area (TPSA) is 38.8 Å². The molecule has 4 heteroatoms. The number of halogens is 1. The van der Waals surface area contributed by atoms with Crippen molar-refractivity contribution in [3.63, 3.8) is 0 Å². The van der Waals surface area contributed by atoms with Crippen molar-refractivity contribution in [3.8, 4) is 0 Å². The van der Waals surface area contributed by atoms with Gasteiger partial charge < -0.3 is 9.47 Å². The number of epoxide rings is 1. The molecule has 0 amide bonds. The minimum atomic E-state index is -0.601. The first-order valence-corrected chi connectivity index (χ1v) is 5.50. The van der Waals surface area contributed by atoms with E-state index in [1.165, 1.54) is 12.1 Å². The number of benzene rings is 1. The lowest BCUT2D eigenvalue weighted by molar-refractivity contribution is -0.156. The number of esters is 1. The molecule has 0 radical (unpaired) electrons. The standard InChI is InChI=1S/C13H15FO3/c1-13(2,3)17-12(15)11-10(16-11)8-5-4-6-9(14)7-8/h4-7,10-11H,1-3H3. The summed E-state index contributed by atoms with van der Waals surface area (Å²) in [6.45, 7) is 5.39. The number of hydrogen-bond donors (Lipinski definition) is 0. The highest BCUT2D eigenvalue weighted by Gasteiger charge is 2.48. The first kappa shape index (κ1) is 12.0. The maximum Gasteiger partial charge on any atom is 0.338 e. The van der Waals surface area contributed by atoms with Gasteiger partial charge in [-0.1, -0.05) is 12.1 Å². The number of rotatable bonds is 2. The average Bonchev–Trinajstić information content (AvgIpc) is 2.94. The van der Waals surface area contributed by atoms with Crippen molar-refractivity contribution in [3.05, 3.63) is 35.6 Å². The molecule has 2 unspecified atom stereocenters. The molecule has 17 heavy (non-hydrogen) atoms. The zero-order valence-corrected chi connectivity index (χ0v) is 10.1. The van der Waals surface area contributed by atoms with Gasteiger partial charge in [0.2, 0.25) is 0 Å². The number of ether oxygens (including phenoxy) is 2. The van der Waals surface area contributed by atoms with Crippen molar-refractivity contribution < 1.29 is 18.7 Å². The Hall–Kier alpha value is -1.42. The van der Waals surface area contributed by atoms with Crippen LogP contribution in [-0.2, 0) is 14.3 Å². The maximum absolute atomic E-state index is 13.0. The predicted molar refractivity (Wildman–Crippen MR) is 59.9 cm³/mol. The molecule has 2 atom stereocenters. The van der Waals surface area contributed by atoms with Gasteiger partial charge in [0.1, 0.15) is 17.5 Å². The summed E-state index contributed by atoms with van der Waals surface area (Å²) in [6.07, 6.45) is -0.975. The number of hydrogen-bond acceptors (Lipinski definition) is 3. The number of carbonyl (C=O) groups is 1. The van der Waals surface area contributed by atoms with E-state index < -0.39 is 17.7 Å². The van der Waals surface area contributed by atoms with Crippen molar-refractivity contribution in [2.24, 2.45) is 0 Å². The van der Waals surface area contributed by atoms with Crippen molar-refractivity contribution >= 4 is 5.97 Å². The molecular formula is C13H15FO3. The van der Waals surface area contributed by atoms with Crippen LogP contribution >= 0.6 is 0 Å². The molecule has 1 aliphatic rings. The Labute approximate surface area is 99.5 Å². The van der Waals surface area contributed by atoms with Crippen LogP contribution in [-0.4, -0.2) is 17.7 Å². The molecular weight excluding hydrogens is 223 g/mol. The van der Waals surface area contributed by atoms with Crippen LogP contribution < -0.4 is 0 Å². The summed E-state index contributed by atoms with van der Waals surface area (Å²) in [5, 5.41) is 0. The molecule has 1 aromatic carbocycles. The summed E-state index contributed by atoms with van der Waals surface area (Å²) in [5.41, 5.74) is 0.135.